The number of ether oxygens (including phenoxy) is 1. The lowest BCUT2D eigenvalue weighted by Crippen LogP contribution is -2.25. The molecule has 2 aromatic carbocycles. The summed E-state index contributed by atoms with van der Waals surface area (Å²) in [6, 6.07) is 12.4. The van der Waals surface area contributed by atoms with E-state index in [-0.39, 0.29) is 29.8 Å². The Morgan fingerprint density at radius 1 is 1.23 bits per heavy atom. The first-order valence-corrected chi connectivity index (χ1v) is 10.9. The summed E-state index contributed by atoms with van der Waals surface area (Å²) >= 11 is 6.03. The Balaban J connectivity index is 2.12. The van der Waals surface area contributed by atoms with Crippen molar-refractivity contribution in [2.24, 2.45) is 11.1 Å². The molecule has 3 N–H and O–H groups in total. The average Bonchev–Trinajstić information content (AvgIpc) is 2.71. The number of halogens is 1. The zero-order valence-electron chi connectivity index (χ0n) is 16.0. The zero-order valence-corrected chi connectivity index (χ0v) is 17.6. The molecule has 0 aliphatic carbocycles. The number of hydrogen-bond donors (Lipinski definition) is 2. The first-order chi connectivity index (χ1) is 14.2. The van der Waals surface area contributed by atoms with Crippen LogP contribution < -0.4 is 15.4 Å². The maximum absolute atomic E-state index is 13.2. The van der Waals surface area contributed by atoms with Gasteiger partial charge in [-0.05, 0) is 35.9 Å². The van der Waals surface area contributed by atoms with Crippen molar-refractivity contribution in [3.05, 3.63) is 70.1 Å². The highest BCUT2D eigenvalue weighted by Gasteiger charge is 2.18. The van der Waals surface area contributed by atoms with E-state index in [1.807, 2.05) is 0 Å². The van der Waals surface area contributed by atoms with Gasteiger partial charge in [0.1, 0.15) is 0 Å². The van der Waals surface area contributed by atoms with E-state index in [0.717, 1.165) is 4.68 Å². The van der Waals surface area contributed by atoms with Gasteiger partial charge in [-0.3, -0.25) is 4.79 Å². The number of benzene rings is 2. The lowest BCUT2D eigenvalue weighted by molar-refractivity contribution is 0.173. The van der Waals surface area contributed by atoms with Crippen molar-refractivity contribution in [2.75, 3.05) is 13.2 Å². The molecule has 0 aliphatic heterocycles. The fraction of sp³-hybridized carbons (Fsp3) is 0.200. The molecule has 0 radical (unpaired) electrons. The molecule has 0 spiro atoms. The van der Waals surface area contributed by atoms with Crippen molar-refractivity contribution in [3.8, 4) is 22.6 Å². The van der Waals surface area contributed by atoms with Gasteiger partial charge in [0.2, 0.25) is 10.0 Å². The molecule has 3 aromatic rings. The Kier molecular flexibility index (Phi) is 6.57. The molecule has 1 heterocycles. The summed E-state index contributed by atoms with van der Waals surface area (Å²) in [6.45, 7) is 1.77. The maximum atomic E-state index is 13.2. The van der Waals surface area contributed by atoms with E-state index in [1.54, 1.807) is 31.2 Å². The van der Waals surface area contributed by atoms with Crippen LogP contribution in [-0.2, 0) is 10.0 Å². The van der Waals surface area contributed by atoms with Gasteiger partial charge in [-0.2, -0.15) is 9.78 Å². The third kappa shape index (κ3) is 4.88. The van der Waals surface area contributed by atoms with E-state index in [0.29, 0.717) is 21.8 Å². The van der Waals surface area contributed by atoms with Crippen LogP contribution in [0.4, 0.5) is 0 Å². The van der Waals surface area contributed by atoms with Gasteiger partial charge in [0.25, 0.3) is 0 Å². The van der Waals surface area contributed by atoms with Gasteiger partial charge in [0, 0.05) is 23.1 Å². The van der Waals surface area contributed by atoms with E-state index >= 15 is 0 Å². The second-order valence-corrected chi connectivity index (χ2v) is 8.75. The molecule has 10 heteroatoms. The minimum atomic E-state index is -3.84. The van der Waals surface area contributed by atoms with Crippen LogP contribution in [0.15, 0.2) is 64.4 Å². The number of nitrogens with zero attached hydrogens (tertiary/aromatic N) is 2. The number of aliphatic hydroxyl groups is 1. The van der Waals surface area contributed by atoms with Crippen LogP contribution in [0.3, 0.4) is 0 Å². The summed E-state index contributed by atoms with van der Waals surface area (Å²) in [5, 5.41) is 19.1. The summed E-state index contributed by atoms with van der Waals surface area (Å²) in [5.74, 6) is -0.177. The van der Waals surface area contributed by atoms with E-state index in [1.165, 1.54) is 30.5 Å². The predicted molar refractivity (Wildman–Crippen MR) is 113 cm³/mol. The fourth-order valence-electron chi connectivity index (χ4n) is 2.68. The highest BCUT2D eigenvalue weighted by Crippen LogP contribution is 2.28. The highest BCUT2D eigenvalue weighted by molar-refractivity contribution is 7.89. The normalized spacial score (nSPS) is 12.5. The Bertz CT molecular complexity index is 1210. The van der Waals surface area contributed by atoms with Crippen molar-refractivity contribution in [1.82, 2.24) is 9.78 Å². The number of sulfonamides is 1. The van der Waals surface area contributed by atoms with Gasteiger partial charge in [-0.25, -0.2) is 13.6 Å². The molecule has 0 saturated heterocycles. The third-order valence-corrected chi connectivity index (χ3v) is 5.47. The number of nitrogens with two attached hydrogens (primary N) is 1. The maximum Gasteiger partial charge on any atom is 0.314 e. The number of hydrogen-bond acceptors (Lipinski definition) is 6. The van der Waals surface area contributed by atoms with Crippen molar-refractivity contribution in [3.63, 3.8) is 0 Å². The quantitative estimate of drug-likeness (QED) is 0.569. The number of rotatable bonds is 7. The molecular weight excluding hydrogens is 430 g/mol. The van der Waals surface area contributed by atoms with Crippen LogP contribution in [0.2, 0.25) is 5.02 Å². The standard InChI is InChI=1S/C20H20ClN3O5S/c1-13(11-25)12-29-19-18(14-5-7-17(8-6-14)30(22,27)28)10-23-24(20(19)26)16-4-2-3-15(21)9-16/h2-10,13,25H,11-12H2,1H3,(H2,22,27,28)/t13-/m0/s1. The van der Waals surface area contributed by atoms with Crippen molar-refractivity contribution < 1.29 is 18.3 Å². The first-order valence-electron chi connectivity index (χ1n) is 8.96. The van der Waals surface area contributed by atoms with Crippen LogP contribution in [-0.4, -0.2) is 36.5 Å². The summed E-state index contributed by atoms with van der Waals surface area (Å²) < 4.78 is 29.9. The summed E-state index contributed by atoms with van der Waals surface area (Å²) in [6.07, 6.45) is 1.45. The Morgan fingerprint density at radius 2 is 1.93 bits per heavy atom. The first kappa shape index (κ1) is 22.0. The van der Waals surface area contributed by atoms with Crippen LogP contribution in [0, 0.1) is 5.92 Å². The summed E-state index contributed by atoms with van der Waals surface area (Å²) in [5.41, 5.74) is 0.848. The second-order valence-electron chi connectivity index (χ2n) is 6.75. The molecule has 0 aliphatic rings. The predicted octanol–water partition coefficient (Wildman–Crippen LogP) is 2.21. The fourth-order valence-corrected chi connectivity index (χ4v) is 3.38. The molecule has 0 saturated carbocycles. The van der Waals surface area contributed by atoms with Crippen LogP contribution in [0.25, 0.3) is 16.8 Å². The summed E-state index contributed by atoms with van der Waals surface area (Å²) in [7, 11) is -3.84. The van der Waals surface area contributed by atoms with Crippen molar-refractivity contribution in [1.29, 1.82) is 0 Å². The molecule has 8 nitrogen and oxygen atoms in total. The van der Waals surface area contributed by atoms with Crippen LogP contribution in [0.1, 0.15) is 6.92 Å². The Hall–Kier alpha value is -2.72. The summed E-state index contributed by atoms with van der Waals surface area (Å²) in [4.78, 5) is 13.1. The van der Waals surface area contributed by atoms with Gasteiger partial charge in [0.05, 0.1) is 23.4 Å². The van der Waals surface area contributed by atoms with E-state index in [2.05, 4.69) is 5.10 Å². The van der Waals surface area contributed by atoms with Gasteiger partial charge < -0.3 is 9.84 Å². The minimum absolute atomic E-state index is 0.0219. The molecule has 158 valence electrons. The zero-order chi connectivity index (χ0) is 21.9. The van der Waals surface area contributed by atoms with Crippen LogP contribution >= 0.6 is 11.6 Å². The molecule has 0 fully saturated rings. The lowest BCUT2D eigenvalue weighted by atomic mass is 10.1. The highest BCUT2D eigenvalue weighted by atomic mass is 35.5. The van der Waals surface area contributed by atoms with Gasteiger partial charge in [0.15, 0.2) is 5.75 Å². The molecule has 0 bridgehead atoms. The molecule has 30 heavy (non-hydrogen) atoms. The topological polar surface area (TPSA) is 125 Å². The van der Waals surface area contributed by atoms with Crippen molar-refractivity contribution >= 4 is 21.6 Å². The number of aliphatic hydroxyl groups excluding tert-OH is 1. The number of aromatic nitrogens is 2. The SMILES string of the molecule is C[C@@H](CO)COc1c(-c2ccc(S(N)(=O)=O)cc2)cnn(-c2cccc(Cl)c2)c1=O. The van der Waals surface area contributed by atoms with E-state index < -0.39 is 15.6 Å². The van der Waals surface area contributed by atoms with Gasteiger partial charge >= 0.3 is 5.56 Å². The van der Waals surface area contributed by atoms with E-state index in [4.69, 9.17) is 21.5 Å². The minimum Gasteiger partial charge on any atom is -0.487 e. The monoisotopic (exact) mass is 449 g/mol. The molecule has 0 amide bonds. The van der Waals surface area contributed by atoms with E-state index in [9.17, 15) is 18.3 Å². The average molecular weight is 450 g/mol. The van der Waals surface area contributed by atoms with Gasteiger partial charge in [-0.1, -0.05) is 36.7 Å². The second kappa shape index (κ2) is 8.97. The molecular formula is C20H20ClN3O5S. The molecule has 3 rings (SSSR count). The Morgan fingerprint density at radius 3 is 2.53 bits per heavy atom. The Labute approximate surface area is 178 Å². The molecule has 1 aromatic heterocycles. The smallest absolute Gasteiger partial charge is 0.314 e. The van der Waals surface area contributed by atoms with Crippen molar-refractivity contribution in [2.45, 2.75) is 11.8 Å². The molecule has 0 unspecified atom stereocenters. The van der Waals surface area contributed by atoms with Gasteiger partial charge in [-0.15, -0.1) is 0 Å². The van der Waals surface area contributed by atoms with Crippen LogP contribution in [0.5, 0.6) is 5.75 Å². The molecule has 1 atom stereocenters. The number of primary sulfonamides is 1. The largest absolute Gasteiger partial charge is 0.487 e. The lowest BCUT2D eigenvalue weighted by Gasteiger charge is -2.15. The third-order valence-electron chi connectivity index (χ3n) is 4.30.